The number of nitrogens with zero attached hydrogens (tertiary/aromatic N) is 3. The number of imidazole rings is 1. The second-order valence-corrected chi connectivity index (χ2v) is 8.62. The molecule has 5 rings (SSSR count). The average molecular weight is 424 g/mol. The van der Waals surface area contributed by atoms with Crippen molar-refractivity contribution >= 4 is 22.6 Å². The van der Waals surface area contributed by atoms with E-state index in [-0.39, 0.29) is 11.8 Å². The van der Waals surface area contributed by atoms with Crippen LogP contribution in [0.25, 0.3) is 11.0 Å². The first-order valence-electron chi connectivity index (χ1n) is 11.6. The van der Waals surface area contributed by atoms with Crippen LogP contribution in [0, 0.1) is 0 Å². The molecule has 0 bridgehead atoms. The van der Waals surface area contributed by atoms with Gasteiger partial charge in [0.25, 0.3) is 0 Å². The molecule has 1 amide bonds. The molecule has 1 atom stereocenters. The predicted octanol–water partition coefficient (Wildman–Crippen LogP) is 5.75. The maximum atomic E-state index is 12.9. The fraction of sp³-hybridized carbons (Fsp3) is 0.286. The molecule has 0 N–H and O–H groups in total. The summed E-state index contributed by atoms with van der Waals surface area (Å²) in [6.45, 7) is 3.74. The summed E-state index contributed by atoms with van der Waals surface area (Å²) in [5.41, 5.74) is 5.81. The van der Waals surface area contributed by atoms with Crippen LogP contribution in [-0.4, -0.2) is 22.0 Å². The molecule has 4 nitrogen and oxygen atoms in total. The lowest BCUT2D eigenvalue weighted by atomic mass is 10.1. The van der Waals surface area contributed by atoms with Crippen molar-refractivity contribution in [2.45, 2.75) is 45.1 Å². The molecule has 2 heterocycles. The Labute approximate surface area is 189 Å². The molecular weight excluding hydrogens is 394 g/mol. The Bertz CT molecular complexity index is 1210. The molecule has 0 aliphatic carbocycles. The monoisotopic (exact) mass is 423 g/mol. The van der Waals surface area contributed by atoms with Crippen molar-refractivity contribution in [2.75, 3.05) is 11.4 Å². The Balaban J connectivity index is 1.39. The van der Waals surface area contributed by atoms with Crippen molar-refractivity contribution in [2.24, 2.45) is 0 Å². The first kappa shape index (κ1) is 20.5. The lowest BCUT2D eigenvalue weighted by Gasteiger charge is -2.18. The summed E-state index contributed by atoms with van der Waals surface area (Å²) in [6.07, 6.45) is 3.59. The van der Waals surface area contributed by atoms with E-state index in [1.54, 1.807) is 0 Å². The third-order valence-electron chi connectivity index (χ3n) is 6.52. The molecule has 1 fully saturated rings. The molecule has 1 aliphatic heterocycles. The SMILES string of the molecule is CCc1ccc(N2CC(c3nc4ccccc4n3CCCc3ccccc3)CC2=O)cc1. The highest BCUT2D eigenvalue weighted by Crippen LogP contribution is 2.33. The van der Waals surface area contributed by atoms with Gasteiger partial charge in [-0.2, -0.15) is 0 Å². The number of aromatic nitrogens is 2. The molecule has 1 aromatic heterocycles. The van der Waals surface area contributed by atoms with Crippen LogP contribution in [0.15, 0.2) is 78.9 Å². The average Bonchev–Trinajstić information content (AvgIpc) is 3.40. The summed E-state index contributed by atoms with van der Waals surface area (Å²) in [4.78, 5) is 19.9. The van der Waals surface area contributed by atoms with E-state index in [9.17, 15) is 4.79 Å². The maximum absolute atomic E-state index is 12.9. The summed E-state index contributed by atoms with van der Waals surface area (Å²) in [6, 6.07) is 27.3. The number of para-hydroxylation sites is 2. The van der Waals surface area contributed by atoms with Crippen LogP contribution in [0.5, 0.6) is 0 Å². The third kappa shape index (κ3) is 4.05. The Hall–Kier alpha value is -3.40. The van der Waals surface area contributed by atoms with Gasteiger partial charge in [0.2, 0.25) is 5.91 Å². The summed E-state index contributed by atoms with van der Waals surface area (Å²) >= 11 is 0. The number of aryl methyl sites for hydroxylation is 3. The van der Waals surface area contributed by atoms with Gasteiger partial charge in [0, 0.05) is 31.1 Å². The number of rotatable bonds is 7. The first-order chi connectivity index (χ1) is 15.7. The number of anilines is 1. The number of hydrogen-bond acceptors (Lipinski definition) is 2. The zero-order valence-electron chi connectivity index (χ0n) is 18.6. The number of fused-ring (bicyclic) bond motifs is 1. The summed E-state index contributed by atoms with van der Waals surface area (Å²) in [5, 5.41) is 0. The molecule has 0 saturated carbocycles. The van der Waals surface area contributed by atoms with Crippen molar-refractivity contribution in [3.8, 4) is 0 Å². The summed E-state index contributed by atoms with van der Waals surface area (Å²) < 4.78 is 2.35. The van der Waals surface area contributed by atoms with E-state index in [1.165, 1.54) is 11.1 Å². The van der Waals surface area contributed by atoms with Crippen LogP contribution in [0.1, 0.15) is 42.6 Å². The van der Waals surface area contributed by atoms with E-state index >= 15 is 0 Å². The lowest BCUT2D eigenvalue weighted by molar-refractivity contribution is -0.117. The van der Waals surface area contributed by atoms with Gasteiger partial charge >= 0.3 is 0 Å². The topological polar surface area (TPSA) is 38.1 Å². The largest absolute Gasteiger partial charge is 0.328 e. The van der Waals surface area contributed by atoms with Crippen LogP contribution in [0.4, 0.5) is 5.69 Å². The molecule has 162 valence electrons. The molecular formula is C28H29N3O. The molecule has 0 radical (unpaired) electrons. The van der Waals surface area contributed by atoms with Gasteiger partial charge in [0.05, 0.1) is 11.0 Å². The van der Waals surface area contributed by atoms with Gasteiger partial charge < -0.3 is 9.47 Å². The minimum absolute atomic E-state index is 0.109. The van der Waals surface area contributed by atoms with Crippen molar-refractivity contribution in [3.05, 3.63) is 95.8 Å². The number of carbonyl (C=O) groups is 1. The Kier molecular flexibility index (Phi) is 5.76. The number of carbonyl (C=O) groups excluding carboxylic acids is 1. The van der Waals surface area contributed by atoms with E-state index < -0.39 is 0 Å². The van der Waals surface area contributed by atoms with Gasteiger partial charge in [-0.25, -0.2) is 4.98 Å². The summed E-state index contributed by atoms with van der Waals surface area (Å²) in [7, 11) is 0. The van der Waals surface area contributed by atoms with Gasteiger partial charge in [0.1, 0.15) is 5.82 Å². The molecule has 32 heavy (non-hydrogen) atoms. The number of hydrogen-bond donors (Lipinski definition) is 0. The molecule has 4 aromatic rings. The minimum atomic E-state index is 0.109. The van der Waals surface area contributed by atoms with Crippen molar-refractivity contribution < 1.29 is 4.79 Å². The Morgan fingerprint density at radius 1 is 0.906 bits per heavy atom. The van der Waals surface area contributed by atoms with Gasteiger partial charge in [-0.3, -0.25) is 4.79 Å². The van der Waals surface area contributed by atoms with E-state index in [2.05, 4.69) is 84.3 Å². The zero-order valence-corrected chi connectivity index (χ0v) is 18.6. The second kappa shape index (κ2) is 8.99. The molecule has 1 saturated heterocycles. The molecule has 1 aliphatic rings. The second-order valence-electron chi connectivity index (χ2n) is 8.62. The highest BCUT2D eigenvalue weighted by Gasteiger charge is 2.34. The smallest absolute Gasteiger partial charge is 0.227 e. The lowest BCUT2D eigenvalue weighted by Crippen LogP contribution is -2.24. The fourth-order valence-corrected chi connectivity index (χ4v) is 4.77. The van der Waals surface area contributed by atoms with E-state index in [4.69, 9.17) is 4.98 Å². The first-order valence-corrected chi connectivity index (χ1v) is 11.6. The van der Waals surface area contributed by atoms with Crippen molar-refractivity contribution in [1.29, 1.82) is 0 Å². The normalized spacial score (nSPS) is 16.2. The highest BCUT2D eigenvalue weighted by molar-refractivity contribution is 5.96. The van der Waals surface area contributed by atoms with Gasteiger partial charge in [-0.05, 0) is 54.7 Å². The van der Waals surface area contributed by atoms with Gasteiger partial charge in [-0.1, -0.05) is 61.5 Å². The maximum Gasteiger partial charge on any atom is 0.227 e. The highest BCUT2D eigenvalue weighted by atomic mass is 16.2. The minimum Gasteiger partial charge on any atom is -0.328 e. The van der Waals surface area contributed by atoms with Crippen LogP contribution >= 0.6 is 0 Å². The quantitative estimate of drug-likeness (QED) is 0.379. The van der Waals surface area contributed by atoms with Crippen LogP contribution in [0.3, 0.4) is 0 Å². The zero-order chi connectivity index (χ0) is 21.9. The van der Waals surface area contributed by atoms with Crippen LogP contribution < -0.4 is 4.90 Å². The third-order valence-corrected chi connectivity index (χ3v) is 6.52. The van der Waals surface area contributed by atoms with E-state index in [1.807, 2.05) is 11.0 Å². The van der Waals surface area contributed by atoms with Crippen molar-refractivity contribution in [1.82, 2.24) is 9.55 Å². The van der Waals surface area contributed by atoms with Gasteiger partial charge in [-0.15, -0.1) is 0 Å². The van der Waals surface area contributed by atoms with E-state index in [0.29, 0.717) is 13.0 Å². The molecule has 0 spiro atoms. The van der Waals surface area contributed by atoms with Gasteiger partial charge in [0.15, 0.2) is 0 Å². The van der Waals surface area contributed by atoms with Crippen molar-refractivity contribution in [3.63, 3.8) is 0 Å². The molecule has 1 unspecified atom stereocenters. The number of benzene rings is 3. The number of amides is 1. The van der Waals surface area contributed by atoms with E-state index in [0.717, 1.165) is 48.4 Å². The molecule has 4 heteroatoms. The molecule has 3 aromatic carbocycles. The predicted molar refractivity (Wildman–Crippen MR) is 130 cm³/mol. The summed E-state index contributed by atoms with van der Waals surface area (Å²) in [5.74, 6) is 1.33. The standard InChI is InChI=1S/C28H29N3O/c1-2-21-14-16-24(17-15-21)31-20-23(19-27(31)32)28-29-25-12-6-7-13-26(25)30(28)18-8-11-22-9-4-3-5-10-22/h3-7,9-10,12-17,23H,2,8,11,18-20H2,1H3. The Morgan fingerprint density at radius 3 is 2.44 bits per heavy atom. The van der Waals surface area contributed by atoms with Crippen LogP contribution in [-0.2, 0) is 24.2 Å². The van der Waals surface area contributed by atoms with Crippen LogP contribution in [0.2, 0.25) is 0 Å². The Morgan fingerprint density at radius 2 is 1.66 bits per heavy atom. The fourth-order valence-electron chi connectivity index (χ4n) is 4.77.